The van der Waals surface area contributed by atoms with Gasteiger partial charge >= 0.3 is 5.97 Å². The van der Waals surface area contributed by atoms with Crippen LogP contribution in [0.5, 0.6) is 0 Å². The van der Waals surface area contributed by atoms with Crippen molar-refractivity contribution < 1.29 is 9.53 Å². The lowest BCUT2D eigenvalue weighted by Crippen LogP contribution is -2.32. The second-order valence-corrected chi connectivity index (χ2v) is 4.82. The number of hydrogen-bond donors (Lipinski definition) is 0. The number of carbonyl (C=O) groups excluding carboxylic acids is 1. The van der Waals surface area contributed by atoms with E-state index in [2.05, 4.69) is 9.36 Å². The van der Waals surface area contributed by atoms with E-state index in [0.717, 1.165) is 11.5 Å². The molecular weight excluding hydrogens is 238 g/mol. The van der Waals surface area contributed by atoms with Crippen molar-refractivity contribution in [3.05, 3.63) is 10.8 Å². The van der Waals surface area contributed by atoms with E-state index < -0.39 is 11.4 Å². The van der Waals surface area contributed by atoms with Gasteiger partial charge in [-0.1, -0.05) is 13.8 Å². The van der Waals surface area contributed by atoms with Crippen molar-refractivity contribution >= 4 is 17.5 Å². The average molecular weight is 253 g/mol. The van der Waals surface area contributed by atoms with Crippen LogP contribution in [0.1, 0.15) is 44.4 Å². The molecule has 0 radical (unpaired) electrons. The molecule has 0 saturated carbocycles. The Kier molecular flexibility index (Phi) is 4.18. The third-order valence-corrected chi connectivity index (χ3v) is 3.24. The van der Waals surface area contributed by atoms with E-state index in [4.69, 9.17) is 4.74 Å². The van der Waals surface area contributed by atoms with Gasteiger partial charge in [0.15, 0.2) is 0 Å². The van der Waals surface area contributed by atoms with Gasteiger partial charge < -0.3 is 4.74 Å². The minimum Gasteiger partial charge on any atom is -0.464 e. The standard InChI is InChI=1S/C11H15N3O2S/c1-5-16-10(15)11(4,6-12)9-13-8(7(2)3)14-17-9/h7H,5H2,1-4H3. The molecule has 5 nitrogen and oxygen atoms in total. The number of esters is 1. The molecule has 1 aromatic heterocycles. The molecule has 6 heteroatoms. The smallest absolute Gasteiger partial charge is 0.333 e. The van der Waals surface area contributed by atoms with Gasteiger partial charge in [-0.05, 0) is 25.4 Å². The fourth-order valence-electron chi connectivity index (χ4n) is 1.13. The number of aromatic nitrogens is 2. The Hall–Kier alpha value is -1.48. The van der Waals surface area contributed by atoms with Crippen molar-refractivity contribution in [1.29, 1.82) is 5.26 Å². The number of hydrogen-bond acceptors (Lipinski definition) is 6. The summed E-state index contributed by atoms with van der Waals surface area (Å²) in [5, 5.41) is 9.56. The Morgan fingerprint density at radius 2 is 2.29 bits per heavy atom. The van der Waals surface area contributed by atoms with Crippen molar-refractivity contribution in [1.82, 2.24) is 9.36 Å². The molecular formula is C11H15N3O2S. The van der Waals surface area contributed by atoms with Crippen molar-refractivity contribution in [3.63, 3.8) is 0 Å². The van der Waals surface area contributed by atoms with Gasteiger partial charge in [-0.15, -0.1) is 0 Å². The second-order valence-electron chi connectivity index (χ2n) is 4.07. The third kappa shape index (κ3) is 2.61. The van der Waals surface area contributed by atoms with Crippen LogP contribution >= 0.6 is 11.5 Å². The fraction of sp³-hybridized carbons (Fsp3) is 0.636. The van der Waals surface area contributed by atoms with Gasteiger partial charge in [0.1, 0.15) is 10.8 Å². The first kappa shape index (κ1) is 13.6. The molecule has 0 aromatic carbocycles. The van der Waals surface area contributed by atoms with Crippen molar-refractivity contribution in [2.45, 2.75) is 39.0 Å². The third-order valence-electron chi connectivity index (χ3n) is 2.29. The molecule has 0 N–H and O–H groups in total. The van der Waals surface area contributed by atoms with E-state index >= 15 is 0 Å². The number of rotatable bonds is 4. The lowest BCUT2D eigenvalue weighted by molar-refractivity contribution is -0.147. The molecule has 0 bridgehead atoms. The highest BCUT2D eigenvalue weighted by Gasteiger charge is 2.41. The van der Waals surface area contributed by atoms with Crippen LogP contribution in [-0.4, -0.2) is 21.9 Å². The maximum absolute atomic E-state index is 11.8. The molecule has 1 rings (SSSR count). The van der Waals surface area contributed by atoms with Crippen LogP contribution in [0.3, 0.4) is 0 Å². The van der Waals surface area contributed by atoms with Crippen LogP contribution < -0.4 is 0 Å². The van der Waals surface area contributed by atoms with Crippen molar-refractivity contribution in [2.75, 3.05) is 6.61 Å². The minimum atomic E-state index is -1.36. The first-order chi connectivity index (χ1) is 7.95. The number of nitrogens with zero attached hydrogens (tertiary/aromatic N) is 3. The van der Waals surface area contributed by atoms with Gasteiger partial charge in [0.2, 0.25) is 5.41 Å². The molecule has 17 heavy (non-hydrogen) atoms. The lowest BCUT2D eigenvalue weighted by atomic mass is 9.94. The summed E-state index contributed by atoms with van der Waals surface area (Å²) in [6.07, 6.45) is 0. The molecule has 0 saturated heterocycles. The second kappa shape index (κ2) is 5.23. The summed E-state index contributed by atoms with van der Waals surface area (Å²) in [5.74, 6) is 0.245. The molecule has 1 unspecified atom stereocenters. The monoisotopic (exact) mass is 253 g/mol. The minimum absolute atomic E-state index is 0.171. The quantitative estimate of drug-likeness (QED) is 0.767. The number of carbonyl (C=O) groups is 1. The summed E-state index contributed by atoms with van der Waals surface area (Å²) in [6, 6.07) is 1.96. The molecule has 0 aliphatic rings. The van der Waals surface area contributed by atoms with Crippen molar-refractivity contribution in [2.24, 2.45) is 0 Å². The average Bonchev–Trinajstić information content (AvgIpc) is 2.78. The Morgan fingerprint density at radius 1 is 1.65 bits per heavy atom. The summed E-state index contributed by atoms with van der Waals surface area (Å²) in [7, 11) is 0. The fourth-order valence-corrected chi connectivity index (χ4v) is 2.01. The molecule has 92 valence electrons. The van der Waals surface area contributed by atoms with Gasteiger partial charge in [-0.2, -0.15) is 9.64 Å². The Labute approximate surface area is 105 Å². The maximum Gasteiger partial charge on any atom is 0.333 e. The summed E-state index contributed by atoms with van der Waals surface area (Å²) in [6.45, 7) is 7.37. The summed E-state index contributed by atoms with van der Waals surface area (Å²) in [4.78, 5) is 16.0. The molecule has 1 heterocycles. The summed E-state index contributed by atoms with van der Waals surface area (Å²) in [5.41, 5.74) is -1.36. The predicted molar refractivity (Wildman–Crippen MR) is 63.6 cm³/mol. The maximum atomic E-state index is 11.8. The summed E-state index contributed by atoms with van der Waals surface area (Å²) >= 11 is 1.08. The van der Waals surface area contributed by atoms with E-state index in [9.17, 15) is 10.1 Å². The number of nitriles is 1. The van der Waals surface area contributed by atoms with Crippen molar-refractivity contribution in [3.8, 4) is 6.07 Å². The molecule has 0 aliphatic heterocycles. The Bertz CT molecular complexity index is 450. The highest BCUT2D eigenvalue weighted by Crippen LogP contribution is 2.27. The van der Waals surface area contributed by atoms with E-state index in [1.807, 2.05) is 19.9 Å². The normalized spacial score (nSPS) is 14.1. The van der Waals surface area contributed by atoms with E-state index in [-0.39, 0.29) is 12.5 Å². The highest BCUT2D eigenvalue weighted by molar-refractivity contribution is 7.05. The lowest BCUT2D eigenvalue weighted by Gasteiger charge is -2.15. The predicted octanol–water partition coefficient (Wildman–Crippen LogP) is 2.01. The van der Waals surface area contributed by atoms with Gasteiger partial charge in [0.25, 0.3) is 0 Å². The molecule has 1 aromatic rings. The van der Waals surface area contributed by atoms with Gasteiger partial charge in [-0.25, -0.2) is 9.78 Å². The van der Waals surface area contributed by atoms with Crippen LogP contribution in [0.15, 0.2) is 0 Å². The topological polar surface area (TPSA) is 75.9 Å². The van der Waals surface area contributed by atoms with Crippen LogP contribution in [-0.2, 0) is 14.9 Å². The molecule has 0 aliphatic carbocycles. The zero-order valence-electron chi connectivity index (χ0n) is 10.4. The zero-order chi connectivity index (χ0) is 13.1. The Balaban J connectivity index is 3.08. The van der Waals surface area contributed by atoms with Gasteiger partial charge in [-0.3, -0.25) is 0 Å². The summed E-state index contributed by atoms with van der Waals surface area (Å²) < 4.78 is 9.04. The number of ether oxygens (including phenoxy) is 1. The van der Waals surface area contributed by atoms with Crippen LogP contribution in [0.25, 0.3) is 0 Å². The SMILES string of the molecule is CCOC(=O)C(C)(C#N)c1nc(C(C)C)ns1. The van der Waals surface area contributed by atoms with Gasteiger partial charge in [0, 0.05) is 5.92 Å². The first-order valence-corrected chi connectivity index (χ1v) is 6.15. The van der Waals surface area contributed by atoms with Crippen LogP contribution in [0.4, 0.5) is 0 Å². The zero-order valence-corrected chi connectivity index (χ0v) is 11.2. The molecule has 0 amide bonds. The largest absolute Gasteiger partial charge is 0.464 e. The molecule has 1 atom stereocenters. The van der Waals surface area contributed by atoms with E-state index in [1.165, 1.54) is 6.92 Å². The van der Waals surface area contributed by atoms with Gasteiger partial charge in [0.05, 0.1) is 12.7 Å². The van der Waals surface area contributed by atoms with E-state index in [1.54, 1.807) is 6.92 Å². The van der Waals surface area contributed by atoms with E-state index in [0.29, 0.717) is 10.8 Å². The molecule has 0 fully saturated rings. The Morgan fingerprint density at radius 3 is 2.71 bits per heavy atom. The van der Waals surface area contributed by atoms with Crippen LogP contribution in [0, 0.1) is 11.3 Å². The highest BCUT2D eigenvalue weighted by atomic mass is 32.1. The first-order valence-electron chi connectivity index (χ1n) is 5.38. The molecule has 0 spiro atoms. The van der Waals surface area contributed by atoms with Crippen LogP contribution in [0.2, 0.25) is 0 Å².